The Kier molecular flexibility index (Phi) is 5.87. The van der Waals surface area contributed by atoms with Gasteiger partial charge in [0, 0.05) is 25.8 Å². The second-order valence-corrected chi connectivity index (χ2v) is 12.8. The lowest BCUT2D eigenvalue weighted by Gasteiger charge is -2.47. The summed E-state index contributed by atoms with van der Waals surface area (Å²) in [5.41, 5.74) is 0.335. The van der Waals surface area contributed by atoms with Crippen LogP contribution in [0.4, 0.5) is 10.2 Å². The van der Waals surface area contributed by atoms with Gasteiger partial charge in [-0.3, -0.25) is 14.2 Å². The van der Waals surface area contributed by atoms with E-state index in [2.05, 4.69) is 24.1 Å². The molecule has 6 nitrogen and oxygen atoms in total. The van der Waals surface area contributed by atoms with E-state index >= 15 is 0 Å². The number of aromatic nitrogens is 2. The van der Waals surface area contributed by atoms with E-state index in [1.54, 1.807) is 16.7 Å². The zero-order valence-electron chi connectivity index (χ0n) is 22.4. The van der Waals surface area contributed by atoms with E-state index in [4.69, 9.17) is 11.6 Å². The third-order valence-corrected chi connectivity index (χ3v) is 9.83. The zero-order valence-corrected chi connectivity index (χ0v) is 23.1. The standard InChI is InChI=1S/C30H34ClFN4O2/c1-5-30-13-18-10-17(21(18)14-30)12-29(2,16-30)34-28(38)22-15-36(24-8-6-19(32)11-23(24)31)27-20(26(22)37)7-9-25(33-27)35(3)4/h6-9,11,15,17-18,21H,5,10,12-14,16H2,1-4H3,(H,34,38). The molecular formula is C30H34ClFN4O2. The minimum atomic E-state index is -0.470. The van der Waals surface area contributed by atoms with Gasteiger partial charge in [-0.1, -0.05) is 24.9 Å². The molecule has 2 aromatic heterocycles. The fourth-order valence-corrected chi connectivity index (χ4v) is 8.07. The Morgan fingerprint density at radius 1 is 1.21 bits per heavy atom. The summed E-state index contributed by atoms with van der Waals surface area (Å²) in [6, 6.07) is 7.50. The number of rotatable bonds is 5. The van der Waals surface area contributed by atoms with Gasteiger partial charge in [-0.15, -0.1) is 0 Å². The van der Waals surface area contributed by atoms with Crippen LogP contribution < -0.4 is 15.6 Å². The summed E-state index contributed by atoms with van der Waals surface area (Å²) in [6.07, 6.45) is 8.27. The van der Waals surface area contributed by atoms with E-state index in [-0.39, 0.29) is 32.9 Å². The molecule has 8 heteroatoms. The molecule has 5 atom stereocenters. The van der Waals surface area contributed by atoms with Gasteiger partial charge < -0.3 is 10.2 Å². The van der Waals surface area contributed by atoms with Crippen LogP contribution in [0, 0.1) is 29.0 Å². The largest absolute Gasteiger partial charge is 0.363 e. The van der Waals surface area contributed by atoms with E-state index in [1.807, 2.05) is 19.0 Å². The van der Waals surface area contributed by atoms with Crippen molar-refractivity contribution in [1.29, 1.82) is 0 Å². The van der Waals surface area contributed by atoms with Crippen LogP contribution in [0.3, 0.4) is 0 Å². The first-order valence-corrected chi connectivity index (χ1v) is 13.9. The molecule has 3 aliphatic carbocycles. The number of amides is 1. The number of benzene rings is 1. The third kappa shape index (κ3) is 4.01. The zero-order chi connectivity index (χ0) is 27.0. The highest BCUT2D eigenvalue weighted by Gasteiger charge is 2.59. The Morgan fingerprint density at radius 2 is 1.97 bits per heavy atom. The maximum absolute atomic E-state index is 13.9. The minimum Gasteiger partial charge on any atom is -0.363 e. The van der Waals surface area contributed by atoms with Crippen LogP contribution in [0.25, 0.3) is 16.7 Å². The van der Waals surface area contributed by atoms with Crippen molar-refractivity contribution in [3.63, 3.8) is 0 Å². The van der Waals surface area contributed by atoms with E-state index in [0.717, 1.165) is 31.1 Å². The number of carbonyl (C=O) groups is 1. The minimum absolute atomic E-state index is 0.0324. The summed E-state index contributed by atoms with van der Waals surface area (Å²) in [4.78, 5) is 34.1. The Morgan fingerprint density at radius 3 is 2.68 bits per heavy atom. The van der Waals surface area contributed by atoms with Gasteiger partial charge in [0.25, 0.3) is 5.91 Å². The molecule has 200 valence electrons. The molecule has 2 heterocycles. The van der Waals surface area contributed by atoms with Crippen molar-refractivity contribution in [2.45, 2.75) is 57.9 Å². The number of nitrogens with zero attached hydrogens (tertiary/aromatic N) is 3. The summed E-state index contributed by atoms with van der Waals surface area (Å²) < 4.78 is 15.5. The average Bonchev–Trinajstić information content (AvgIpc) is 3.09. The summed E-state index contributed by atoms with van der Waals surface area (Å²) in [6.45, 7) is 4.43. The molecular weight excluding hydrogens is 503 g/mol. The first-order chi connectivity index (χ1) is 18.0. The fraction of sp³-hybridized carbons (Fsp3) is 0.500. The molecule has 0 saturated heterocycles. The number of anilines is 1. The maximum Gasteiger partial charge on any atom is 0.257 e. The summed E-state index contributed by atoms with van der Waals surface area (Å²) in [7, 11) is 3.72. The molecule has 0 spiro atoms. The van der Waals surface area contributed by atoms with Crippen molar-refractivity contribution in [2.24, 2.45) is 23.2 Å². The smallest absolute Gasteiger partial charge is 0.257 e. The predicted octanol–water partition coefficient (Wildman–Crippen LogP) is 5.97. The topological polar surface area (TPSA) is 67.2 Å². The average molecular weight is 537 g/mol. The fourth-order valence-electron chi connectivity index (χ4n) is 7.81. The van der Waals surface area contributed by atoms with Crippen molar-refractivity contribution in [3.05, 3.63) is 63.2 Å². The predicted molar refractivity (Wildman–Crippen MR) is 149 cm³/mol. The Bertz CT molecular complexity index is 1520. The molecule has 3 aromatic rings. The molecule has 3 aliphatic rings. The second-order valence-electron chi connectivity index (χ2n) is 12.3. The van der Waals surface area contributed by atoms with Crippen LogP contribution in [0.5, 0.6) is 0 Å². The van der Waals surface area contributed by atoms with Gasteiger partial charge in [0.2, 0.25) is 5.43 Å². The number of hydrogen-bond donors (Lipinski definition) is 1. The Balaban J connectivity index is 1.44. The molecule has 0 aliphatic heterocycles. The molecule has 38 heavy (non-hydrogen) atoms. The number of hydrogen-bond acceptors (Lipinski definition) is 4. The molecule has 3 saturated carbocycles. The van der Waals surface area contributed by atoms with E-state index < -0.39 is 5.82 Å². The normalized spacial score (nSPS) is 29.6. The van der Waals surface area contributed by atoms with Crippen molar-refractivity contribution in [3.8, 4) is 5.69 Å². The Labute approximate surface area is 227 Å². The van der Waals surface area contributed by atoms with Gasteiger partial charge in [-0.25, -0.2) is 9.37 Å². The van der Waals surface area contributed by atoms with Gasteiger partial charge >= 0.3 is 0 Å². The lowest BCUT2D eigenvalue weighted by Crippen LogP contribution is -2.52. The first kappa shape index (κ1) is 25.4. The van der Waals surface area contributed by atoms with Gasteiger partial charge in [-0.2, -0.15) is 0 Å². The van der Waals surface area contributed by atoms with Crippen molar-refractivity contribution in [2.75, 3.05) is 19.0 Å². The highest BCUT2D eigenvalue weighted by molar-refractivity contribution is 6.32. The van der Waals surface area contributed by atoms with Crippen molar-refractivity contribution < 1.29 is 9.18 Å². The van der Waals surface area contributed by atoms with E-state index in [9.17, 15) is 14.0 Å². The number of nitrogens with one attached hydrogen (secondary N) is 1. The van der Waals surface area contributed by atoms with Gasteiger partial charge in [0.1, 0.15) is 17.2 Å². The number of carbonyl (C=O) groups excluding carboxylic acids is 1. The van der Waals surface area contributed by atoms with Crippen molar-refractivity contribution >= 4 is 34.4 Å². The van der Waals surface area contributed by atoms with Crippen LogP contribution in [0.1, 0.15) is 62.7 Å². The first-order valence-electron chi connectivity index (χ1n) is 13.5. The molecule has 5 unspecified atom stereocenters. The third-order valence-electron chi connectivity index (χ3n) is 9.53. The summed E-state index contributed by atoms with van der Waals surface area (Å²) >= 11 is 6.44. The number of halogens is 2. The van der Waals surface area contributed by atoms with Crippen LogP contribution in [-0.4, -0.2) is 35.1 Å². The lowest BCUT2D eigenvalue weighted by atomic mass is 9.61. The van der Waals surface area contributed by atoms with Crippen LogP contribution >= 0.6 is 11.6 Å². The molecule has 3 fully saturated rings. The number of fused-ring (bicyclic) bond motifs is 2. The molecule has 1 amide bonds. The Hall–Kier alpha value is -2.93. The summed E-state index contributed by atoms with van der Waals surface area (Å²) in [5, 5.41) is 3.78. The molecule has 1 aromatic carbocycles. The quantitative estimate of drug-likeness (QED) is 0.436. The van der Waals surface area contributed by atoms with E-state index in [1.165, 1.54) is 43.7 Å². The maximum atomic E-state index is 13.9. The van der Waals surface area contributed by atoms with Crippen LogP contribution in [0.15, 0.2) is 41.3 Å². The molecule has 6 rings (SSSR count). The van der Waals surface area contributed by atoms with E-state index in [0.29, 0.717) is 28.5 Å². The van der Waals surface area contributed by atoms with Gasteiger partial charge in [0.05, 0.1) is 16.1 Å². The number of pyridine rings is 2. The van der Waals surface area contributed by atoms with Crippen LogP contribution in [0.2, 0.25) is 5.02 Å². The molecule has 0 radical (unpaired) electrons. The molecule has 1 N–H and O–H groups in total. The SMILES string of the molecule is CCC12CC3CC(CC(C)(NC(=O)c4cn(-c5ccc(F)cc5Cl)c5nc(N(C)C)ccc5c4=O)C1)C3C2. The highest BCUT2D eigenvalue weighted by Crippen LogP contribution is 2.66. The highest BCUT2D eigenvalue weighted by atomic mass is 35.5. The van der Waals surface area contributed by atoms with Gasteiger partial charge in [0.15, 0.2) is 5.65 Å². The summed E-state index contributed by atoms with van der Waals surface area (Å²) in [5.74, 6) is 2.06. The molecule has 2 bridgehead atoms. The van der Waals surface area contributed by atoms with Gasteiger partial charge in [-0.05, 0) is 92.5 Å². The second kappa shape index (κ2) is 8.80. The van der Waals surface area contributed by atoms with Crippen molar-refractivity contribution in [1.82, 2.24) is 14.9 Å². The monoisotopic (exact) mass is 536 g/mol. The van der Waals surface area contributed by atoms with Crippen LogP contribution in [-0.2, 0) is 0 Å². The lowest BCUT2D eigenvalue weighted by molar-refractivity contribution is 0.0490.